The number of aliphatic imine (C=N–C) groups is 1. The number of ether oxygens (including phenoxy) is 1. The van der Waals surface area contributed by atoms with E-state index in [9.17, 15) is 4.39 Å². The van der Waals surface area contributed by atoms with Crippen molar-refractivity contribution in [2.45, 2.75) is 11.4 Å². The number of benzene rings is 1. The molecule has 0 fully saturated rings. The number of alkyl halides is 1. The number of nitrogens with zero attached hydrogens (tertiary/aromatic N) is 1. The normalized spacial score (nSPS) is 19.4. The lowest BCUT2D eigenvalue weighted by molar-refractivity contribution is 0.197. The molecule has 0 spiro atoms. The summed E-state index contributed by atoms with van der Waals surface area (Å²) in [5, 5.41) is 0. The van der Waals surface area contributed by atoms with Crippen molar-refractivity contribution in [2.24, 2.45) is 4.99 Å². The fourth-order valence-electron chi connectivity index (χ4n) is 1.37. The van der Waals surface area contributed by atoms with Gasteiger partial charge in [0, 0.05) is 6.21 Å². The highest BCUT2D eigenvalue weighted by Crippen LogP contribution is 2.17. The lowest BCUT2D eigenvalue weighted by Gasteiger charge is -2.15. The topological polar surface area (TPSA) is 21.6 Å². The van der Waals surface area contributed by atoms with Gasteiger partial charge in [-0.3, -0.25) is 4.99 Å². The molecule has 84 valence electrons. The van der Waals surface area contributed by atoms with E-state index < -0.39 is 0 Å². The molecule has 0 amide bonds. The molecule has 0 saturated carbocycles. The summed E-state index contributed by atoms with van der Waals surface area (Å²) in [4.78, 5) is 4.14. The number of allylic oxidation sites excluding steroid dienone is 1. The van der Waals surface area contributed by atoms with E-state index in [0.29, 0.717) is 13.2 Å². The maximum atomic E-state index is 12.7. The SMILES string of the molecule is Fc1ccc(COC2=CCN=CC2Br)cc1. The molecule has 0 radical (unpaired) electrons. The van der Waals surface area contributed by atoms with Crippen LogP contribution >= 0.6 is 15.9 Å². The average Bonchev–Trinajstić information content (AvgIpc) is 2.30. The predicted molar refractivity (Wildman–Crippen MR) is 65.3 cm³/mol. The summed E-state index contributed by atoms with van der Waals surface area (Å²) in [5.74, 6) is 0.630. The van der Waals surface area contributed by atoms with E-state index in [1.165, 1.54) is 12.1 Å². The van der Waals surface area contributed by atoms with Gasteiger partial charge in [0.05, 0.1) is 6.54 Å². The lowest BCUT2D eigenvalue weighted by Crippen LogP contribution is -2.12. The molecule has 2 nitrogen and oxygen atoms in total. The minimum absolute atomic E-state index is 0.0432. The standard InChI is InChI=1S/C12H11BrFNO/c13-11-7-15-6-5-12(11)16-8-9-1-3-10(14)4-2-9/h1-5,7,11H,6,8H2. The Hall–Kier alpha value is -1.16. The number of hydrogen-bond acceptors (Lipinski definition) is 2. The lowest BCUT2D eigenvalue weighted by atomic mass is 10.2. The van der Waals surface area contributed by atoms with Crippen LogP contribution in [0.3, 0.4) is 0 Å². The molecule has 1 aromatic rings. The van der Waals surface area contributed by atoms with Crippen LogP contribution in [-0.2, 0) is 11.3 Å². The van der Waals surface area contributed by atoms with Gasteiger partial charge < -0.3 is 4.74 Å². The second-order valence-corrected chi connectivity index (χ2v) is 4.42. The molecule has 1 heterocycles. The first-order valence-corrected chi connectivity index (χ1v) is 5.88. The van der Waals surface area contributed by atoms with E-state index in [-0.39, 0.29) is 10.6 Å². The molecule has 2 rings (SSSR count). The van der Waals surface area contributed by atoms with Gasteiger partial charge in [-0.15, -0.1) is 0 Å². The monoisotopic (exact) mass is 283 g/mol. The van der Waals surface area contributed by atoms with Crippen molar-refractivity contribution in [3.05, 3.63) is 47.5 Å². The molecule has 0 bridgehead atoms. The van der Waals surface area contributed by atoms with Crippen molar-refractivity contribution in [3.8, 4) is 0 Å². The molecular weight excluding hydrogens is 273 g/mol. The van der Waals surface area contributed by atoms with Gasteiger partial charge in [0.15, 0.2) is 0 Å². The van der Waals surface area contributed by atoms with Gasteiger partial charge in [0.25, 0.3) is 0 Å². The Kier molecular flexibility index (Phi) is 3.72. The molecule has 0 aliphatic carbocycles. The van der Waals surface area contributed by atoms with Crippen LogP contribution < -0.4 is 0 Å². The predicted octanol–water partition coefficient (Wildman–Crippen LogP) is 3.07. The second kappa shape index (κ2) is 5.25. The fourth-order valence-corrected chi connectivity index (χ4v) is 1.85. The van der Waals surface area contributed by atoms with Gasteiger partial charge in [0.2, 0.25) is 0 Å². The zero-order chi connectivity index (χ0) is 11.4. The zero-order valence-electron chi connectivity index (χ0n) is 8.57. The smallest absolute Gasteiger partial charge is 0.123 e. The summed E-state index contributed by atoms with van der Waals surface area (Å²) in [6.07, 6.45) is 3.74. The molecule has 1 unspecified atom stereocenters. The number of dihydropyridines is 1. The molecule has 1 aliphatic rings. The zero-order valence-corrected chi connectivity index (χ0v) is 10.2. The van der Waals surface area contributed by atoms with E-state index in [4.69, 9.17) is 4.74 Å². The van der Waals surface area contributed by atoms with E-state index in [1.54, 1.807) is 18.3 Å². The summed E-state index contributed by atoms with van der Waals surface area (Å²) < 4.78 is 18.3. The Balaban J connectivity index is 1.92. The van der Waals surface area contributed by atoms with Crippen molar-refractivity contribution in [1.82, 2.24) is 0 Å². The van der Waals surface area contributed by atoms with Crippen LogP contribution in [0.1, 0.15) is 5.56 Å². The summed E-state index contributed by atoms with van der Waals surface area (Å²) in [6, 6.07) is 6.30. The summed E-state index contributed by atoms with van der Waals surface area (Å²) in [6.45, 7) is 1.10. The molecule has 0 N–H and O–H groups in total. The molecule has 4 heteroatoms. The van der Waals surface area contributed by atoms with Crippen molar-refractivity contribution < 1.29 is 9.13 Å². The van der Waals surface area contributed by atoms with E-state index in [2.05, 4.69) is 20.9 Å². The Bertz CT molecular complexity index is 414. The molecule has 1 atom stereocenters. The van der Waals surface area contributed by atoms with E-state index >= 15 is 0 Å². The van der Waals surface area contributed by atoms with Crippen molar-refractivity contribution >= 4 is 22.1 Å². The Morgan fingerprint density at radius 1 is 1.38 bits per heavy atom. The largest absolute Gasteiger partial charge is 0.492 e. The molecular formula is C12H11BrFNO. The maximum absolute atomic E-state index is 12.7. The van der Waals surface area contributed by atoms with Crippen LogP contribution in [0, 0.1) is 5.82 Å². The van der Waals surface area contributed by atoms with Crippen molar-refractivity contribution in [3.63, 3.8) is 0 Å². The number of rotatable bonds is 3. The highest BCUT2D eigenvalue weighted by atomic mass is 79.9. The third-order valence-electron chi connectivity index (χ3n) is 2.22. The van der Waals surface area contributed by atoms with Gasteiger partial charge in [0.1, 0.15) is 23.0 Å². The molecule has 1 aliphatic heterocycles. The molecule has 16 heavy (non-hydrogen) atoms. The average molecular weight is 284 g/mol. The molecule has 1 aromatic carbocycles. The van der Waals surface area contributed by atoms with Gasteiger partial charge in [-0.05, 0) is 23.8 Å². The van der Waals surface area contributed by atoms with Gasteiger partial charge in [-0.25, -0.2) is 4.39 Å². The van der Waals surface area contributed by atoms with Crippen LogP contribution in [0.15, 0.2) is 41.1 Å². The summed E-state index contributed by atoms with van der Waals surface area (Å²) in [7, 11) is 0. The molecule has 0 saturated heterocycles. The van der Waals surface area contributed by atoms with Crippen molar-refractivity contribution in [1.29, 1.82) is 0 Å². The third-order valence-corrected chi connectivity index (χ3v) is 2.91. The maximum Gasteiger partial charge on any atom is 0.123 e. The Morgan fingerprint density at radius 3 is 2.81 bits per heavy atom. The minimum Gasteiger partial charge on any atom is -0.492 e. The van der Waals surface area contributed by atoms with Crippen LogP contribution in [0.4, 0.5) is 4.39 Å². The highest BCUT2D eigenvalue weighted by Gasteiger charge is 2.12. The second-order valence-electron chi connectivity index (χ2n) is 3.44. The third kappa shape index (κ3) is 2.92. The highest BCUT2D eigenvalue weighted by molar-refractivity contribution is 9.10. The van der Waals surface area contributed by atoms with Gasteiger partial charge >= 0.3 is 0 Å². The van der Waals surface area contributed by atoms with E-state index in [1.807, 2.05) is 6.08 Å². The van der Waals surface area contributed by atoms with Crippen molar-refractivity contribution in [2.75, 3.05) is 6.54 Å². The summed E-state index contributed by atoms with van der Waals surface area (Å²) in [5.41, 5.74) is 0.949. The van der Waals surface area contributed by atoms with E-state index in [0.717, 1.165) is 11.3 Å². The quantitative estimate of drug-likeness (QED) is 0.782. The number of halogens is 2. The van der Waals surface area contributed by atoms with Crippen LogP contribution in [0.25, 0.3) is 0 Å². The Labute approximate surface area is 102 Å². The molecule has 0 aromatic heterocycles. The number of hydrogen-bond donors (Lipinski definition) is 0. The first-order valence-electron chi connectivity index (χ1n) is 4.97. The first kappa shape index (κ1) is 11.3. The van der Waals surface area contributed by atoms with Gasteiger partial charge in [-0.1, -0.05) is 28.1 Å². The van der Waals surface area contributed by atoms with Gasteiger partial charge in [-0.2, -0.15) is 0 Å². The van der Waals surface area contributed by atoms with Crippen LogP contribution in [-0.4, -0.2) is 17.6 Å². The van der Waals surface area contributed by atoms with Crippen LogP contribution in [0.2, 0.25) is 0 Å². The Morgan fingerprint density at radius 2 is 2.12 bits per heavy atom. The van der Waals surface area contributed by atoms with Crippen LogP contribution in [0.5, 0.6) is 0 Å². The first-order chi connectivity index (χ1) is 7.75. The summed E-state index contributed by atoms with van der Waals surface area (Å²) >= 11 is 3.44. The minimum atomic E-state index is -0.230. The fraction of sp³-hybridized carbons (Fsp3) is 0.250.